The second kappa shape index (κ2) is 11.0. The Kier molecular flexibility index (Phi) is 8.05. The van der Waals surface area contributed by atoms with Gasteiger partial charge in [0.15, 0.2) is 0 Å². The lowest BCUT2D eigenvalue weighted by Crippen LogP contribution is -2.34. The summed E-state index contributed by atoms with van der Waals surface area (Å²) in [6, 6.07) is 12.5. The predicted molar refractivity (Wildman–Crippen MR) is 148 cm³/mol. The van der Waals surface area contributed by atoms with Crippen LogP contribution in [0, 0.1) is 12.3 Å². The van der Waals surface area contributed by atoms with Crippen molar-refractivity contribution in [2.45, 2.75) is 40.6 Å². The minimum Gasteiger partial charge on any atom is -0.406 e. The highest BCUT2D eigenvalue weighted by atomic mass is 35.5. The number of alkyl halides is 3. The van der Waals surface area contributed by atoms with Crippen LogP contribution in [0.2, 0.25) is 10.0 Å². The van der Waals surface area contributed by atoms with Crippen molar-refractivity contribution in [3.05, 3.63) is 81.5 Å². The zero-order valence-corrected chi connectivity index (χ0v) is 23.4. The topological polar surface area (TPSA) is 85.3 Å². The van der Waals surface area contributed by atoms with E-state index in [1.807, 2.05) is 0 Å². The minimum atomic E-state index is -4.80. The van der Waals surface area contributed by atoms with E-state index in [1.54, 1.807) is 45.0 Å². The standard InChI is InChI=1S/C28H25Cl2F3N4O3/c1-15-12-17(9-11-22(15)40-28(31,32)33)37-21-7-5-6-20(18(21)14-35-37)36-25(38)23-19(29)10-8-16(24(23)30)13-34-26(39)27(2,3)4/h5-12,14H,13H2,1-4H3,(H,34,39)(H,36,38). The van der Waals surface area contributed by atoms with E-state index >= 15 is 0 Å². The van der Waals surface area contributed by atoms with E-state index in [9.17, 15) is 22.8 Å². The van der Waals surface area contributed by atoms with Gasteiger partial charge in [-0.1, -0.05) is 56.1 Å². The molecule has 0 radical (unpaired) electrons. The molecule has 0 fully saturated rings. The fraction of sp³-hybridized carbons (Fsp3) is 0.250. The highest BCUT2D eigenvalue weighted by Gasteiger charge is 2.32. The summed E-state index contributed by atoms with van der Waals surface area (Å²) in [7, 11) is 0. The predicted octanol–water partition coefficient (Wildman–Crippen LogP) is 7.45. The van der Waals surface area contributed by atoms with Gasteiger partial charge < -0.3 is 15.4 Å². The molecule has 1 aromatic heterocycles. The van der Waals surface area contributed by atoms with Crippen molar-refractivity contribution in [3.8, 4) is 11.4 Å². The van der Waals surface area contributed by atoms with Gasteiger partial charge in [-0.05, 0) is 54.4 Å². The molecule has 4 aromatic rings. The maximum absolute atomic E-state index is 13.3. The summed E-state index contributed by atoms with van der Waals surface area (Å²) in [4.78, 5) is 25.6. The number of halogens is 5. The van der Waals surface area contributed by atoms with E-state index in [2.05, 4.69) is 20.5 Å². The fourth-order valence-electron chi connectivity index (χ4n) is 3.94. The van der Waals surface area contributed by atoms with Crippen LogP contribution < -0.4 is 15.4 Å². The maximum Gasteiger partial charge on any atom is 0.573 e. The molecule has 7 nitrogen and oxygen atoms in total. The van der Waals surface area contributed by atoms with E-state index in [-0.39, 0.29) is 39.4 Å². The molecule has 1 heterocycles. The van der Waals surface area contributed by atoms with Gasteiger partial charge in [-0.15, -0.1) is 13.2 Å². The summed E-state index contributed by atoms with van der Waals surface area (Å²) in [5.74, 6) is -1.05. The molecule has 0 aliphatic heterocycles. The number of benzene rings is 3. The number of carbonyl (C=O) groups excluding carboxylic acids is 2. The van der Waals surface area contributed by atoms with Gasteiger partial charge in [0.25, 0.3) is 5.91 Å². The number of nitrogens with zero attached hydrogens (tertiary/aromatic N) is 2. The first-order valence-electron chi connectivity index (χ1n) is 12.1. The number of ether oxygens (including phenoxy) is 1. The second-order valence-corrected chi connectivity index (χ2v) is 10.9. The van der Waals surface area contributed by atoms with Crippen LogP contribution in [0.5, 0.6) is 5.75 Å². The van der Waals surface area contributed by atoms with E-state index in [4.69, 9.17) is 23.2 Å². The molecule has 0 spiro atoms. The smallest absolute Gasteiger partial charge is 0.406 e. The number of hydrogen-bond acceptors (Lipinski definition) is 4. The molecule has 4 rings (SSSR count). The van der Waals surface area contributed by atoms with Crippen molar-refractivity contribution in [1.82, 2.24) is 15.1 Å². The zero-order valence-electron chi connectivity index (χ0n) is 21.9. The molecule has 0 aliphatic rings. The Bertz CT molecular complexity index is 1610. The summed E-state index contributed by atoms with van der Waals surface area (Å²) in [6.07, 6.45) is -3.27. The maximum atomic E-state index is 13.3. The Balaban J connectivity index is 1.61. The number of nitrogens with one attached hydrogen (secondary N) is 2. The zero-order chi connectivity index (χ0) is 29.4. The largest absolute Gasteiger partial charge is 0.573 e. The quantitative estimate of drug-likeness (QED) is 0.243. The van der Waals surface area contributed by atoms with Crippen LogP contribution >= 0.6 is 23.2 Å². The summed E-state index contributed by atoms with van der Waals surface area (Å²) >= 11 is 12.9. The van der Waals surface area contributed by atoms with Crippen molar-refractivity contribution < 1.29 is 27.5 Å². The van der Waals surface area contributed by atoms with Crippen molar-refractivity contribution >= 4 is 51.6 Å². The van der Waals surface area contributed by atoms with Gasteiger partial charge in [0, 0.05) is 17.3 Å². The van der Waals surface area contributed by atoms with Crippen molar-refractivity contribution in [1.29, 1.82) is 0 Å². The van der Waals surface area contributed by atoms with Gasteiger partial charge in [-0.25, -0.2) is 4.68 Å². The van der Waals surface area contributed by atoms with Gasteiger partial charge >= 0.3 is 6.36 Å². The summed E-state index contributed by atoms with van der Waals surface area (Å²) in [5, 5.41) is 10.8. The highest BCUT2D eigenvalue weighted by Crippen LogP contribution is 2.33. The number of amides is 2. The van der Waals surface area contributed by atoms with E-state index in [0.29, 0.717) is 27.8 Å². The summed E-state index contributed by atoms with van der Waals surface area (Å²) in [5.41, 5.74) is 1.75. The molecule has 12 heteroatoms. The van der Waals surface area contributed by atoms with Crippen molar-refractivity contribution in [2.24, 2.45) is 5.41 Å². The average Bonchev–Trinajstić information content (AvgIpc) is 3.28. The first kappa shape index (κ1) is 29.2. The van der Waals surface area contributed by atoms with Gasteiger partial charge in [0.1, 0.15) is 5.75 Å². The monoisotopic (exact) mass is 592 g/mol. The molecule has 210 valence electrons. The number of rotatable bonds is 6. The average molecular weight is 593 g/mol. The lowest BCUT2D eigenvalue weighted by molar-refractivity contribution is -0.274. The third-order valence-corrected chi connectivity index (χ3v) is 6.76. The van der Waals surface area contributed by atoms with E-state index in [0.717, 1.165) is 0 Å². The van der Waals surface area contributed by atoms with Crippen molar-refractivity contribution in [2.75, 3.05) is 5.32 Å². The van der Waals surface area contributed by atoms with Crippen LogP contribution in [0.25, 0.3) is 16.6 Å². The Morgan fingerprint density at radius 1 is 1.05 bits per heavy atom. The van der Waals surface area contributed by atoms with Gasteiger partial charge in [0.05, 0.1) is 38.7 Å². The van der Waals surface area contributed by atoms with Crippen LogP contribution in [-0.4, -0.2) is 28.0 Å². The molecule has 0 unspecified atom stereocenters. The second-order valence-electron chi connectivity index (χ2n) is 10.1. The van der Waals surface area contributed by atoms with Gasteiger partial charge in [0.2, 0.25) is 5.91 Å². The third kappa shape index (κ3) is 6.34. The van der Waals surface area contributed by atoms with E-state index in [1.165, 1.54) is 42.1 Å². The Morgan fingerprint density at radius 3 is 2.42 bits per heavy atom. The van der Waals surface area contributed by atoms with Crippen LogP contribution in [0.1, 0.15) is 42.3 Å². The lowest BCUT2D eigenvalue weighted by Gasteiger charge is -2.18. The molecule has 2 amide bonds. The number of hydrogen-bond donors (Lipinski definition) is 2. The SMILES string of the molecule is Cc1cc(-n2ncc3c(NC(=O)c4c(Cl)ccc(CNC(=O)C(C)(C)C)c4Cl)cccc32)ccc1OC(F)(F)F. The lowest BCUT2D eigenvalue weighted by atomic mass is 9.95. The normalized spacial score (nSPS) is 11.9. The molecule has 0 bridgehead atoms. The van der Waals surface area contributed by atoms with Crippen LogP contribution in [0.4, 0.5) is 18.9 Å². The summed E-state index contributed by atoms with van der Waals surface area (Å²) < 4.78 is 43.5. The molecule has 0 saturated carbocycles. The molecule has 3 aromatic carbocycles. The fourth-order valence-corrected chi connectivity index (χ4v) is 4.55. The molecule has 2 N–H and O–H groups in total. The Hall–Kier alpha value is -3.76. The third-order valence-electron chi connectivity index (χ3n) is 6.01. The molecular formula is C28H25Cl2F3N4O3. The van der Waals surface area contributed by atoms with Gasteiger partial charge in [-0.3, -0.25) is 9.59 Å². The molecule has 0 aliphatic carbocycles. The molecule has 0 atom stereocenters. The molecular weight excluding hydrogens is 568 g/mol. The first-order chi connectivity index (χ1) is 18.7. The Morgan fingerprint density at radius 2 is 1.77 bits per heavy atom. The number of carbonyl (C=O) groups is 2. The summed E-state index contributed by atoms with van der Waals surface area (Å²) in [6.45, 7) is 6.96. The van der Waals surface area contributed by atoms with Crippen LogP contribution in [0.3, 0.4) is 0 Å². The van der Waals surface area contributed by atoms with Gasteiger partial charge in [-0.2, -0.15) is 5.10 Å². The first-order valence-corrected chi connectivity index (χ1v) is 12.8. The number of fused-ring (bicyclic) bond motifs is 1. The highest BCUT2D eigenvalue weighted by molar-refractivity contribution is 6.41. The Labute approximate surface area is 238 Å². The minimum absolute atomic E-state index is 0.0473. The molecule has 0 saturated heterocycles. The van der Waals surface area contributed by atoms with Crippen LogP contribution in [0.15, 0.2) is 54.7 Å². The van der Waals surface area contributed by atoms with Crippen LogP contribution in [-0.2, 0) is 11.3 Å². The van der Waals surface area contributed by atoms with E-state index < -0.39 is 17.7 Å². The van der Waals surface area contributed by atoms with Crippen molar-refractivity contribution in [3.63, 3.8) is 0 Å². The number of anilines is 1. The number of aromatic nitrogens is 2. The molecule has 40 heavy (non-hydrogen) atoms. The number of aryl methyl sites for hydroxylation is 1.